The molecule has 2 aromatic rings. The molecule has 5 heteroatoms. The van der Waals surface area contributed by atoms with Gasteiger partial charge in [0.2, 0.25) is 0 Å². The molecule has 0 amide bonds. The largest absolute Gasteiger partial charge is 0.481 e. The molecule has 0 bridgehead atoms. The second-order valence-corrected chi connectivity index (χ2v) is 5.17. The molecule has 0 aliphatic rings. The highest BCUT2D eigenvalue weighted by molar-refractivity contribution is 5.79. The van der Waals surface area contributed by atoms with Gasteiger partial charge in [-0.05, 0) is 24.1 Å². The molecule has 0 saturated heterocycles. The van der Waals surface area contributed by atoms with Crippen LogP contribution in [-0.4, -0.2) is 34.6 Å². The average molecular weight is 261 g/mol. The highest BCUT2D eigenvalue weighted by atomic mass is 16.4. The van der Waals surface area contributed by atoms with E-state index in [2.05, 4.69) is 9.97 Å². The zero-order valence-electron chi connectivity index (χ0n) is 11.4. The number of aromatic nitrogens is 2. The Labute approximate surface area is 112 Å². The number of carboxylic acids is 1. The van der Waals surface area contributed by atoms with Crippen molar-refractivity contribution in [2.75, 3.05) is 18.5 Å². The van der Waals surface area contributed by atoms with Crippen molar-refractivity contribution in [2.45, 2.75) is 13.8 Å². The standard InChI is InChI=1S/C14H19N3O2/c1-9(2)11(14(18)19)7-17(3)10-4-5-12-13(6-10)16-8-15-12/h4-6,8-9,11H,7H2,1-3H3,(H,15,16)(H,18,19). The van der Waals surface area contributed by atoms with Crippen molar-refractivity contribution in [3.8, 4) is 0 Å². The van der Waals surface area contributed by atoms with Crippen LogP contribution >= 0.6 is 0 Å². The number of hydrogen-bond acceptors (Lipinski definition) is 3. The molecule has 1 heterocycles. The fraction of sp³-hybridized carbons (Fsp3) is 0.429. The Bertz CT molecular complexity index is 577. The summed E-state index contributed by atoms with van der Waals surface area (Å²) in [6.45, 7) is 4.36. The molecule has 5 nitrogen and oxygen atoms in total. The topological polar surface area (TPSA) is 69.2 Å². The van der Waals surface area contributed by atoms with Crippen LogP contribution in [0, 0.1) is 11.8 Å². The molecule has 1 aromatic heterocycles. The van der Waals surface area contributed by atoms with E-state index in [1.807, 2.05) is 44.0 Å². The first-order chi connectivity index (χ1) is 8.99. The number of carbonyl (C=O) groups is 1. The van der Waals surface area contributed by atoms with Crippen LogP contribution in [0.3, 0.4) is 0 Å². The predicted molar refractivity (Wildman–Crippen MR) is 75.3 cm³/mol. The molecule has 2 N–H and O–H groups in total. The van der Waals surface area contributed by atoms with Gasteiger partial charge in [0.1, 0.15) is 0 Å². The van der Waals surface area contributed by atoms with Gasteiger partial charge < -0.3 is 15.0 Å². The molecule has 0 aliphatic carbocycles. The molecule has 102 valence electrons. The first-order valence-corrected chi connectivity index (χ1v) is 6.36. The van der Waals surface area contributed by atoms with Crippen molar-refractivity contribution in [3.05, 3.63) is 24.5 Å². The minimum Gasteiger partial charge on any atom is -0.481 e. The van der Waals surface area contributed by atoms with Gasteiger partial charge in [0, 0.05) is 19.3 Å². The number of benzene rings is 1. The van der Waals surface area contributed by atoms with Gasteiger partial charge >= 0.3 is 5.97 Å². The second kappa shape index (κ2) is 5.30. The number of carboxylic acid groups (broad SMARTS) is 1. The summed E-state index contributed by atoms with van der Waals surface area (Å²) in [5.41, 5.74) is 2.86. The number of nitrogens with zero attached hydrogens (tertiary/aromatic N) is 2. The normalized spacial score (nSPS) is 12.8. The molecular formula is C14H19N3O2. The molecule has 0 aliphatic heterocycles. The first kappa shape index (κ1) is 13.4. The number of rotatable bonds is 5. The number of H-pyrrole nitrogens is 1. The quantitative estimate of drug-likeness (QED) is 0.867. The summed E-state index contributed by atoms with van der Waals surface area (Å²) >= 11 is 0. The fourth-order valence-corrected chi connectivity index (χ4v) is 2.14. The van der Waals surface area contributed by atoms with Crippen molar-refractivity contribution in [1.82, 2.24) is 9.97 Å². The van der Waals surface area contributed by atoms with E-state index < -0.39 is 5.97 Å². The minimum absolute atomic E-state index is 0.107. The van der Waals surface area contributed by atoms with Crippen LogP contribution in [0.2, 0.25) is 0 Å². The van der Waals surface area contributed by atoms with Gasteiger partial charge in [-0.2, -0.15) is 0 Å². The smallest absolute Gasteiger partial charge is 0.308 e. The Morgan fingerprint density at radius 2 is 2.21 bits per heavy atom. The Balaban J connectivity index is 2.18. The first-order valence-electron chi connectivity index (χ1n) is 6.36. The van der Waals surface area contributed by atoms with Gasteiger partial charge in [0.05, 0.1) is 23.3 Å². The third-order valence-electron chi connectivity index (χ3n) is 3.44. The van der Waals surface area contributed by atoms with Crippen LogP contribution in [0.4, 0.5) is 5.69 Å². The van der Waals surface area contributed by atoms with Crippen molar-refractivity contribution in [2.24, 2.45) is 11.8 Å². The molecule has 0 saturated carbocycles. The van der Waals surface area contributed by atoms with E-state index in [-0.39, 0.29) is 11.8 Å². The van der Waals surface area contributed by atoms with Crippen molar-refractivity contribution < 1.29 is 9.90 Å². The number of fused-ring (bicyclic) bond motifs is 1. The zero-order valence-corrected chi connectivity index (χ0v) is 11.4. The van der Waals surface area contributed by atoms with Crippen LogP contribution in [0.5, 0.6) is 0 Å². The number of nitrogens with one attached hydrogen (secondary N) is 1. The maximum absolute atomic E-state index is 11.2. The lowest BCUT2D eigenvalue weighted by Crippen LogP contribution is -2.33. The lowest BCUT2D eigenvalue weighted by Gasteiger charge is -2.25. The number of imidazole rings is 1. The predicted octanol–water partition coefficient (Wildman–Crippen LogP) is 2.36. The SMILES string of the molecule is CC(C)C(CN(C)c1ccc2nc[nH]c2c1)C(=O)O. The Morgan fingerprint density at radius 1 is 1.47 bits per heavy atom. The van der Waals surface area contributed by atoms with Crippen LogP contribution < -0.4 is 4.90 Å². The van der Waals surface area contributed by atoms with Crippen molar-refractivity contribution >= 4 is 22.7 Å². The van der Waals surface area contributed by atoms with Crippen LogP contribution in [-0.2, 0) is 4.79 Å². The summed E-state index contributed by atoms with van der Waals surface area (Å²) in [6.07, 6.45) is 1.66. The van der Waals surface area contributed by atoms with E-state index in [4.69, 9.17) is 0 Å². The molecule has 1 aromatic carbocycles. The summed E-state index contributed by atoms with van der Waals surface area (Å²) in [6, 6.07) is 5.88. The molecular weight excluding hydrogens is 242 g/mol. The third-order valence-corrected chi connectivity index (χ3v) is 3.44. The Hall–Kier alpha value is -2.04. The summed E-state index contributed by atoms with van der Waals surface area (Å²) in [7, 11) is 1.91. The summed E-state index contributed by atoms with van der Waals surface area (Å²) in [5.74, 6) is -1.01. The highest BCUT2D eigenvalue weighted by Gasteiger charge is 2.23. The van der Waals surface area contributed by atoms with E-state index in [1.165, 1.54) is 0 Å². The Morgan fingerprint density at radius 3 is 2.84 bits per heavy atom. The summed E-state index contributed by atoms with van der Waals surface area (Å²) < 4.78 is 0. The van der Waals surface area contributed by atoms with E-state index >= 15 is 0 Å². The number of aliphatic carboxylic acids is 1. The number of hydrogen-bond donors (Lipinski definition) is 2. The summed E-state index contributed by atoms with van der Waals surface area (Å²) in [4.78, 5) is 20.4. The lowest BCUT2D eigenvalue weighted by atomic mass is 9.95. The minimum atomic E-state index is -0.746. The number of aromatic amines is 1. The van der Waals surface area contributed by atoms with E-state index in [0.717, 1.165) is 16.7 Å². The van der Waals surface area contributed by atoms with Gasteiger partial charge in [0.15, 0.2) is 0 Å². The lowest BCUT2D eigenvalue weighted by molar-refractivity contribution is -0.142. The highest BCUT2D eigenvalue weighted by Crippen LogP contribution is 2.21. The molecule has 0 fully saturated rings. The van der Waals surface area contributed by atoms with E-state index in [1.54, 1.807) is 6.33 Å². The van der Waals surface area contributed by atoms with Gasteiger partial charge in [-0.15, -0.1) is 0 Å². The second-order valence-electron chi connectivity index (χ2n) is 5.17. The average Bonchev–Trinajstić information content (AvgIpc) is 2.81. The maximum Gasteiger partial charge on any atom is 0.308 e. The molecule has 19 heavy (non-hydrogen) atoms. The van der Waals surface area contributed by atoms with Gasteiger partial charge in [-0.1, -0.05) is 13.8 Å². The van der Waals surface area contributed by atoms with Crippen LogP contribution in [0.15, 0.2) is 24.5 Å². The molecule has 1 unspecified atom stereocenters. The number of anilines is 1. The van der Waals surface area contributed by atoms with Crippen molar-refractivity contribution in [1.29, 1.82) is 0 Å². The van der Waals surface area contributed by atoms with Crippen LogP contribution in [0.1, 0.15) is 13.8 Å². The monoisotopic (exact) mass is 261 g/mol. The Kier molecular flexibility index (Phi) is 3.74. The van der Waals surface area contributed by atoms with E-state index in [9.17, 15) is 9.90 Å². The molecule has 0 radical (unpaired) electrons. The van der Waals surface area contributed by atoms with Gasteiger partial charge in [-0.25, -0.2) is 4.98 Å². The van der Waals surface area contributed by atoms with Gasteiger partial charge in [-0.3, -0.25) is 4.79 Å². The fourth-order valence-electron chi connectivity index (χ4n) is 2.14. The summed E-state index contributed by atoms with van der Waals surface area (Å²) in [5, 5.41) is 9.24. The van der Waals surface area contributed by atoms with Crippen molar-refractivity contribution in [3.63, 3.8) is 0 Å². The molecule has 0 spiro atoms. The zero-order chi connectivity index (χ0) is 14.0. The van der Waals surface area contributed by atoms with Crippen LogP contribution in [0.25, 0.3) is 11.0 Å². The van der Waals surface area contributed by atoms with E-state index in [0.29, 0.717) is 6.54 Å². The van der Waals surface area contributed by atoms with Gasteiger partial charge in [0.25, 0.3) is 0 Å². The molecule has 2 rings (SSSR count). The third kappa shape index (κ3) is 2.86. The molecule has 1 atom stereocenters. The maximum atomic E-state index is 11.2.